The molecule has 0 saturated heterocycles. The molecule has 2 nitrogen and oxygen atoms in total. The fraction of sp³-hybridized carbons (Fsp3) is 0.300. The summed E-state index contributed by atoms with van der Waals surface area (Å²) in [4.78, 5) is 5.14. The molecule has 0 aliphatic rings. The van der Waals surface area contributed by atoms with Gasteiger partial charge in [0.1, 0.15) is 5.84 Å². The summed E-state index contributed by atoms with van der Waals surface area (Å²) in [5, 5.41) is 0.766. The van der Waals surface area contributed by atoms with Crippen LogP contribution in [0, 0.1) is 0 Å². The van der Waals surface area contributed by atoms with Gasteiger partial charge in [0.05, 0.1) is 10.8 Å². The summed E-state index contributed by atoms with van der Waals surface area (Å²) in [6.45, 7) is 2.70. The van der Waals surface area contributed by atoms with Crippen molar-refractivity contribution in [2.24, 2.45) is 10.7 Å². The summed E-state index contributed by atoms with van der Waals surface area (Å²) < 4.78 is 0. The quantitative estimate of drug-likeness (QED) is 0.489. The minimum Gasteiger partial charge on any atom is -0.387 e. The van der Waals surface area contributed by atoms with Crippen LogP contribution in [0.25, 0.3) is 0 Å². The number of amidine groups is 1. The summed E-state index contributed by atoms with van der Waals surface area (Å²) in [5.74, 6) is 1.36. The van der Waals surface area contributed by atoms with Crippen molar-refractivity contribution in [2.45, 2.75) is 11.8 Å². The third-order valence-corrected chi connectivity index (χ3v) is 3.12. The van der Waals surface area contributed by atoms with Gasteiger partial charge in [-0.2, -0.15) is 0 Å². The van der Waals surface area contributed by atoms with Gasteiger partial charge in [-0.15, -0.1) is 11.8 Å². The third kappa shape index (κ3) is 3.60. The van der Waals surface area contributed by atoms with Gasteiger partial charge in [-0.05, 0) is 19.1 Å². The smallest absolute Gasteiger partial charge is 0.104 e. The molecule has 1 aromatic carbocycles. The molecule has 0 bridgehead atoms. The number of rotatable bonds is 4. The third-order valence-electron chi connectivity index (χ3n) is 1.57. The van der Waals surface area contributed by atoms with Crippen LogP contribution in [0.3, 0.4) is 0 Å². The minimum atomic E-state index is 0.664. The molecule has 76 valence electrons. The van der Waals surface area contributed by atoms with E-state index in [0.29, 0.717) is 11.6 Å². The van der Waals surface area contributed by atoms with Crippen molar-refractivity contribution in [3.8, 4) is 0 Å². The van der Waals surface area contributed by atoms with Gasteiger partial charge in [-0.25, -0.2) is 0 Å². The topological polar surface area (TPSA) is 38.4 Å². The predicted octanol–water partition coefficient (Wildman–Crippen LogP) is 2.81. The molecule has 0 saturated carbocycles. The number of aliphatic imine (C=N–C) groups is 1. The molecule has 0 aromatic heterocycles. The van der Waals surface area contributed by atoms with E-state index < -0.39 is 0 Å². The lowest BCUT2D eigenvalue weighted by atomic mass is 10.4. The Hall–Kier alpha value is -0.670. The SMILES string of the molecule is CCN=C(N)CSc1ccccc1Cl. The largest absolute Gasteiger partial charge is 0.387 e. The molecule has 0 radical (unpaired) electrons. The average molecular weight is 229 g/mol. The van der Waals surface area contributed by atoms with E-state index in [9.17, 15) is 0 Å². The van der Waals surface area contributed by atoms with Gasteiger partial charge in [0.2, 0.25) is 0 Å². The van der Waals surface area contributed by atoms with Crippen LogP contribution < -0.4 is 5.73 Å². The Bertz CT molecular complexity index is 326. The number of hydrogen-bond acceptors (Lipinski definition) is 2. The molecule has 1 aromatic rings. The number of halogens is 1. The lowest BCUT2D eigenvalue weighted by Crippen LogP contribution is -2.14. The fourth-order valence-corrected chi connectivity index (χ4v) is 2.04. The molecule has 0 heterocycles. The molecular formula is C10H13ClN2S. The van der Waals surface area contributed by atoms with Crippen molar-refractivity contribution >= 4 is 29.2 Å². The van der Waals surface area contributed by atoms with E-state index >= 15 is 0 Å². The normalized spacial score (nSPS) is 11.7. The standard InChI is InChI=1S/C10H13ClN2S/c1-2-13-10(12)7-14-9-6-4-3-5-8(9)11/h3-6H,2,7H2,1H3,(H2,12,13). The van der Waals surface area contributed by atoms with E-state index in [1.807, 2.05) is 31.2 Å². The first kappa shape index (κ1) is 11.4. The van der Waals surface area contributed by atoms with Crippen molar-refractivity contribution in [3.05, 3.63) is 29.3 Å². The Morgan fingerprint density at radius 2 is 2.21 bits per heavy atom. The highest BCUT2D eigenvalue weighted by molar-refractivity contribution is 8.00. The lowest BCUT2D eigenvalue weighted by molar-refractivity contribution is 1.12. The van der Waals surface area contributed by atoms with Crippen LogP contribution in [0.5, 0.6) is 0 Å². The zero-order valence-corrected chi connectivity index (χ0v) is 9.61. The Balaban J connectivity index is 2.54. The van der Waals surface area contributed by atoms with E-state index in [-0.39, 0.29) is 0 Å². The molecule has 0 aliphatic heterocycles. The first-order valence-electron chi connectivity index (χ1n) is 4.40. The number of nitrogens with zero attached hydrogens (tertiary/aromatic N) is 1. The Morgan fingerprint density at radius 1 is 1.50 bits per heavy atom. The zero-order chi connectivity index (χ0) is 10.4. The predicted molar refractivity (Wildman–Crippen MR) is 64.3 cm³/mol. The maximum atomic E-state index is 5.98. The second-order valence-corrected chi connectivity index (χ2v) is 4.11. The van der Waals surface area contributed by atoms with Crippen LogP contribution in [0.2, 0.25) is 5.02 Å². The van der Waals surface area contributed by atoms with E-state index in [1.165, 1.54) is 0 Å². The number of nitrogens with two attached hydrogens (primary N) is 1. The van der Waals surface area contributed by atoms with Gasteiger partial charge < -0.3 is 5.73 Å². The Labute approximate surface area is 93.6 Å². The van der Waals surface area contributed by atoms with E-state index in [1.54, 1.807) is 11.8 Å². The van der Waals surface area contributed by atoms with Crippen LogP contribution in [-0.2, 0) is 0 Å². The van der Waals surface area contributed by atoms with Crippen LogP contribution in [0.4, 0.5) is 0 Å². The Morgan fingerprint density at radius 3 is 2.86 bits per heavy atom. The molecule has 0 aliphatic carbocycles. The zero-order valence-electron chi connectivity index (χ0n) is 8.03. The second-order valence-electron chi connectivity index (χ2n) is 2.68. The number of thioether (sulfide) groups is 1. The van der Waals surface area contributed by atoms with Gasteiger partial charge in [0, 0.05) is 11.4 Å². The maximum absolute atomic E-state index is 5.98. The molecule has 4 heteroatoms. The number of hydrogen-bond donors (Lipinski definition) is 1. The number of benzene rings is 1. The van der Waals surface area contributed by atoms with Gasteiger partial charge in [0.25, 0.3) is 0 Å². The van der Waals surface area contributed by atoms with Gasteiger partial charge in [-0.3, -0.25) is 4.99 Å². The molecule has 14 heavy (non-hydrogen) atoms. The summed E-state index contributed by atoms with van der Waals surface area (Å²) in [5.41, 5.74) is 5.67. The van der Waals surface area contributed by atoms with Crippen LogP contribution in [0.15, 0.2) is 34.2 Å². The average Bonchev–Trinajstić information content (AvgIpc) is 2.17. The lowest BCUT2D eigenvalue weighted by Gasteiger charge is -2.02. The molecule has 2 N–H and O–H groups in total. The van der Waals surface area contributed by atoms with Gasteiger partial charge >= 0.3 is 0 Å². The molecule has 0 amide bonds. The van der Waals surface area contributed by atoms with Crippen molar-refractivity contribution in [2.75, 3.05) is 12.3 Å². The maximum Gasteiger partial charge on any atom is 0.104 e. The van der Waals surface area contributed by atoms with E-state index in [0.717, 1.165) is 16.5 Å². The second kappa shape index (κ2) is 5.94. The highest BCUT2D eigenvalue weighted by Crippen LogP contribution is 2.26. The summed E-state index contributed by atoms with van der Waals surface area (Å²) in [6.07, 6.45) is 0. The first-order valence-corrected chi connectivity index (χ1v) is 5.76. The summed E-state index contributed by atoms with van der Waals surface area (Å²) in [6, 6.07) is 7.72. The molecule has 0 atom stereocenters. The van der Waals surface area contributed by atoms with E-state index in [4.69, 9.17) is 17.3 Å². The highest BCUT2D eigenvalue weighted by Gasteiger charge is 2.00. The van der Waals surface area contributed by atoms with Gasteiger partial charge in [0.15, 0.2) is 0 Å². The highest BCUT2D eigenvalue weighted by atomic mass is 35.5. The molecular weight excluding hydrogens is 216 g/mol. The Kier molecular flexibility index (Phi) is 4.84. The molecule has 1 rings (SSSR count). The summed E-state index contributed by atoms with van der Waals surface area (Å²) in [7, 11) is 0. The van der Waals surface area contributed by atoms with E-state index in [2.05, 4.69) is 4.99 Å². The molecule has 0 fully saturated rings. The first-order chi connectivity index (χ1) is 6.74. The van der Waals surface area contributed by atoms with Crippen molar-refractivity contribution in [1.82, 2.24) is 0 Å². The summed E-state index contributed by atoms with van der Waals surface area (Å²) >= 11 is 7.59. The molecule has 0 unspecified atom stereocenters. The van der Waals surface area contributed by atoms with Gasteiger partial charge in [-0.1, -0.05) is 23.7 Å². The van der Waals surface area contributed by atoms with Crippen molar-refractivity contribution in [1.29, 1.82) is 0 Å². The van der Waals surface area contributed by atoms with Crippen LogP contribution in [0.1, 0.15) is 6.92 Å². The fourth-order valence-electron chi connectivity index (χ4n) is 0.962. The van der Waals surface area contributed by atoms with Crippen molar-refractivity contribution < 1.29 is 0 Å². The minimum absolute atomic E-state index is 0.664. The monoisotopic (exact) mass is 228 g/mol. The van der Waals surface area contributed by atoms with Crippen molar-refractivity contribution in [3.63, 3.8) is 0 Å². The van der Waals surface area contributed by atoms with Crippen LogP contribution in [-0.4, -0.2) is 18.1 Å². The van der Waals surface area contributed by atoms with Crippen LogP contribution >= 0.6 is 23.4 Å². The molecule has 0 spiro atoms.